The van der Waals surface area contributed by atoms with Crippen molar-refractivity contribution >= 4 is 14.4 Å². The van der Waals surface area contributed by atoms with Crippen LogP contribution in [0.4, 0.5) is 4.79 Å². The van der Waals surface area contributed by atoms with E-state index in [-0.39, 0.29) is 17.2 Å². The summed E-state index contributed by atoms with van der Waals surface area (Å²) in [7, 11) is -1.88. The number of nitrogens with zero attached hydrogens (tertiary/aromatic N) is 4. The first-order chi connectivity index (χ1) is 20.0. The summed E-state index contributed by atoms with van der Waals surface area (Å²) in [5, 5.41) is 10.7. The summed E-state index contributed by atoms with van der Waals surface area (Å²) >= 11 is 0. The molecular formula is C34H48N4O3Si. The molecule has 2 atom stereocenters. The number of amides is 1. The van der Waals surface area contributed by atoms with Gasteiger partial charge in [-0.1, -0.05) is 69.3 Å². The summed E-state index contributed by atoms with van der Waals surface area (Å²) in [6.07, 6.45) is 7.46. The second kappa shape index (κ2) is 12.7. The number of rotatable bonds is 12. The van der Waals surface area contributed by atoms with Gasteiger partial charge in [0.1, 0.15) is 5.82 Å². The molecule has 2 fully saturated rings. The standard InChI is InChI=1S/C34H48N4O3Si/c1-34(2,3)42(4,5)41-30-17-19-36(24-30)25-31(38(33(39)40)20-16-26-10-7-6-8-11-26)28-12-9-13-29(22-28)32-35-18-21-37(32)23-27-14-15-27/h6-13,18,21-22,27,30-31H,14-17,19-20,23-25H2,1-5H3,(H,39,40)/t30-,31+/m0/s1. The lowest BCUT2D eigenvalue weighted by molar-refractivity contribution is 0.107. The Balaban J connectivity index is 1.39. The molecule has 7 nitrogen and oxygen atoms in total. The third kappa shape index (κ3) is 7.52. The third-order valence-corrected chi connectivity index (χ3v) is 14.0. The average molecular weight is 589 g/mol. The molecule has 0 unspecified atom stereocenters. The van der Waals surface area contributed by atoms with Crippen molar-refractivity contribution in [2.45, 2.75) is 83.3 Å². The Hall–Kier alpha value is -2.94. The van der Waals surface area contributed by atoms with Gasteiger partial charge in [-0.05, 0) is 66.9 Å². The zero-order valence-electron chi connectivity index (χ0n) is 26.0. The first kappa shape index (κ1) is 30.5. The molecule has 226 valence electrons. The fourth-order valence-electron chi connectivity index (χ4n) is 5.74. The van der Waals surface area contributed by atoms with Crippen molar-refractivity contribution in [3.05, 3.63) is 78.1 Å². The number of carboxylic acid groups (broad SMARTS) is 1. The largest absolute Gasteiger partial charge is 0.465 e. The molecule has 1 N–H and O–H groups in total. The van der Waals surface area contributed by atoms with E-state index >= 15 is 0 Å². The van der Waals surface area contributed by atoms with Gasteiger partial charge in [-0.3, -0.25) is 9.80 Å². The molecule has 2 heterocycles. The van der Waals surface area contributed by atoms with Crippen LogP contribution in [-0.4, -0.2) is 71.2 Å². The van der Waals surface area contributed by atoms with Gasteiger partial charge in [-0.15, -0.1) is 0 Å². The quantitative estimate of drug-likeness (QED) is 0.225. The van der Waals surface area contributed by atoms with Crippen LogP contribution in [0.15, 0.2) is 67.0 Å². The minimum atomic E-state index is -1.88. The van der Waals surface area contributed by atoms with Crippen LogP contribution in [0.5, 0.6) is 0 Å². The maximum atomic E-state index is 12.8. The van der Waals surface area contributed by atoms with Crippen molar-refractivity contribution in [2.24, 2.45) is 5.92 Å². The molecule has 0 bridgehead atoms. The molecule has 2 aliphatic rings. The van der Waals surface area contributed by atoms with Crippen LogP contribution in [0.2, 0.25) is 18.1 Å². The van der Waals surface area contributed by atoms with E-state index in [1.807, 2.05) is 24.4 Å². The molecule has 1 amide bonds. The number of hydrogen-bond donors (Lipinski definition) is 1. The molecule has 5 rings (SSSR count). The van der Waals surface area contributed by atoms with Crippen LogP contribution in [0.25, 0.3) is 11.4 Å². The van der Waals surface area contributed by atoms with E-state index in [4.69, 9.17) is 9.41 Å². The molecule has 1 aliphatic heterocycles. The van der Waals surface area contributed by atoms with E-state index in [0.29, 0.717) is 19.5 Å². The van der Waals surface area contributed by atoms with Gasteiger partial charge < -0.3 is 14.1 Å². The van der Waals surface area contributed by atoms with E-state index in [9.17, 15) is 9.90 Å². The van der Waals surface area contributed by atoms with Crippen LogP contribution in [0.1, 0.15) is 57.2 Å². The molecule has 0 spiro atoms. The minimum Gasteiger partial charge on any atom is -0.465 e. The van der Waals surface area contributed by atoms with E-state index < -0.39 is 14.4 Å². The van der Waals surface area contributed by atoms with Crippen molar-refractivity contribution in [2.75, 3.05) is 26.2 Å². The smallest absolute Gasteiger partial charge is 0.407 e. The van der Waals surface area contributed by atoms with Crippen molar-refractivity contribution in [1.29, 1.82) is 0 Å². The van der Waals surface area contributed by atoms with E-state index in [2.05, 4.69) is 85.9 Å². The Labute approximate surface area is 252 Å². The van der Waals surface area contributed by atoms with Gasteiger partial charge in [-0.2, -0.15) is 0 Å². The Morgan fingerprint density at radius 1 is 1.12 bits per heavy atom. The maximum Gasteiger partial charge on any atom is 0.407 e. The molecule has 1 aliphatic carbocycles. The van der Waals surface area contributed by atoms with E-state index in [0.717, 1.165) is 54.5 Å². The second-order valence-electron chi connectivity index (χ2n) is 13.7. The molecule has 8 heteroatoms. The van der Waals surface area contributed by atoms with Crippen LogP contribution in [0, 0.1) is 5.92 Å². The van der Waals surface area contributed by atoms with Crippen LogP contribution >= 0.6 is 0 Å². The molecule has 42 heavy (non-hydrogen) atoms. The minimum absolute atomic E-state index is 0.159. The summed E-state index contributed by atoms with van der Waals surface area (Å²) in [4.78, 5) is 21.6. The monoisotopic (exact) mass is 588 g/mol. The fourth-order valence-corrected chi connectivity index (χ4v) is 7.12. The molecular weight excluding hydrogens is 540 g/mol. The van der Waals surface area contributed by atoms with Crippen molar-refractivity contribution < 1.29 is 14.3 Å². The zero-order chi connectivity index (χ0) is 29.9. The Morgan fingerprint density at radius 2 is 1.88 bits per heavy atom. The number of imidazole rings is 1. The van der Waals surface area contributed by atoms with Crippen LogP contribution < -0.4 is 0 Å². The predicted octanol–water partition coefficient (Wildman–Crippen LogP) is 7.32. The van der Waals surface area contributed by atoms with Gasteiger partial charge in [0, 0.05) is 50.7 Å². The fraction of sp³-hybridized carbons (Fsp3) is 0.529. The van der Waals surface area contributed by atoms with E-state index in [1.165, 1.54) is 12.8 Å². The highest BCUT2D eigenvalue weighted by atomic mass is 28.4. The summed E-state index contributed by atoms with van der Waals surface area (Å²) in [6.45, 7) is 15.3. The molecule has 1 saturated carbocycles. The zero-order valence-corrected chi connectivity index (χ0v) is 27.0. The first-order valence-corrected chi connectivity index (χ1v) is 18.5. The van der Waals surface area contributed by atoms with Gasteiger partial charge in [0.05, 0.1) is 12.1 Å². The first-order valence-electron chi connectivity index (χ1n) is 15.6. The Morgan fingerprint density at radius 3 is 2.57 bits per heavy atom. The Kier molecular flexibility index (Phi) is 9.25. The predicted molar refractivity (Wildman–Crippen MR) is 171 cm³/mol. The number of benzene rings is 2. The summed E-state index contributed by atoms with van der Waals surface area (Å²) in [5.74, 6) is 1.70. The van der Waals surface area contributed by atoms with Gasteiger partial charge in [0.15, 0.2) is 8.32 Å². The molecule has 3 aromatic rings. The molecule has 1 saturated heterocycles. The topological polar surface area (TPSA) is 70.8 Å². The SMILES string of the molecule is CC(C)(C)[Si](C)(C)O[C@H]1CCN(C[C@H](c2cccc(-c3nccn3CC3CC3)c2)N(CCc2ccccc2)C(=O)O)C1. The van der Waals surface area contributed by atoms with Crippen LogP contribution in [-0.2, 0) is 17.4 Å². The lowest BCUT2D eigenvalue weighted by atomic mass is 10.0. The lowest BCUT2D eigenvalue weighted by Gasteiger charge is -2.38. The molecule has 1 aromatic heterocycles. The number of hydrogen-bond acceptors (Lipinski definition) is 4. The highest BCUT2D eigenvalue weighted by molar-refractivity contribution is 6.74. The highest BCUT2D eigenvalue weighted by Crippen LogP contribution is 2.39. The summed E-state index contributed by atoms with van der Waals surface area (Å²) < 4.78 is 9.02. The van der Waals surface area contributed by atoms with Crippen molar-refractivity contribution in [1.82, 2.24) is 19.4 Å². The Bertz CT molecular complexity index is 1330. The van der Waals surface area contributed by atoms with Crippen LogP contribution in [0.3, 0.4) is 0 Å². The number of carbonyl (C=O) groups is 1. The summed E-state index contributed by atoms with van der Waals surface area (Å²) in [6, 6.07) is 18.3. The molecule has 0 radical (unpaired) electrons. The van der Waals surface area contributed by atoms with Crippen molar-refractivity contribution in [3.63, 3.8) is 0 Å². The van der Waals surface area contributed by atoms with Crippen molar-refractivity contribution in [3.8, 4) is 11.4 Å². The van der Waals surface area contributed by atoms with E-state index in [1.54, 1.807) is 4.90 Å². The third-order valence-electron chi connectivity index (χ3n) is 9.43. The van der Waals surface area contributed by atoms with Gasteiger partial charge >= 0.3 is 6.09 Å². The average Bonchev–Trinajstić information content (AvgIpc) is 3.45. The highest BCUT2D eigenvalue weighted by Gasteiger charge is 2.41. The second-order valence-corrected chi connectivity index (χ2v) is 18.5. The molecule has 2 aromatic carbocycles. The van der Waals surface area contributed by atoms with Gasteiger partial charge in [0.25, 0.3) is 0 Å². The normalized spacial score (nSPS) is 18.7. The maximum absolute atomic E-state index is 12.8. The van der Waals surface area contributed by atoms with Gasteiger partial charge in [0.2, 0.25) is 0 Å². The van der Waals surface area contributed by atoms with Gasteiger partial charge in [-0.25, -0.2) is 9.78 Å². The summed E-state index contributed by atoms with van der Waals surface area (Å²) in [5.41, 5.74) is 3.19. The number of aromatic nitrogens is 2. The lowest BCUT2D eigenvalue weighted by Crippen LogP contribution is -2.45. The number of likely N-dealkylation sites (tertiary alicyclic amines) is 1.